The molecule has 1 atom stereocenters. The summed E-state index contributed by atoms with van der Waals surface area (Å²) < 4.78 is 1.96. The van der Waals surface area contributed by atoms with Crippen LogP contribution in [0.15, 0.2) is 36.7 Å². The van der Waals surface area contributed by atoms with Crippen molar-refractivity contribution in [2.24, 2.45) is 0 Å². The standard InChI is InChI=1S/C17H20N4/c1-2-21-11-12(10-18-21)19-16-9-5-7-14-13-6-3-4-8-15(13)20-17(14)16/h3-4,6,8,10-11,16,19-20H,2,5,7,9H2,1H3. The summed E-state index contributed by atoms with van der Waals surface area (Å²) in [5, 5.41) is 9.36. The van der Waals surface area contributed by atoms with E-state index in [1.54, 1.807) is 0 Å². The summed E-state index contributed by atoms with van der Waals surface area (Å²) in [5.41, 5.74) is 5.19. The van der Waals surface area contributed by atoms with Crippen molar-refractivity contribution in [1.29, 1.82) is 0 Å². The predicted octanol–water partition coefficient (Wildman–Crippen LogP) is 3.87. The van der Waals surface area contributed by atoms with Gasteiger partial charge in [0.25, 0.3) is 0 Å². The lowest BCUT2D eigenvalue weighted by atomic mass is 9.91. The van der Waals surface area contributed by atoms with Crippen molar-refractivity contribution >= 4 is 16.6 Å². The average Bonchev–Trinajstić information content (AvgIpc) is 3.12. The van der Waals surface area contributed by atoms with E-state index >= 15 is 0 Å². The lowest BCUT2D eigenvalue weighted by Crippen LogP contribution is -2.16. The minimum atomic E-state index is 0.357. The molecule has 1 aliphatic carbocycles. The van der Waals surface area contributed by atoms with Crippen LogP contribution in [0.3, 0.4) is 0 Å². The molecular formula is C17H20N4. The van der Waals surface area contributed by atoms with E-state index in [1.165, 1.54) is 35.0 Å². The minimum Gasteiger partial charge on any atom is -0.374 e. The molecule has 0 bridgehead atoms. The number of nitrogens with one attached hydrogen (secondary N) is 2. The first kappa shape index (κ1) is 12.5. The molecule has 0 saturated carbocycles. The zero-order valence-corrected chi connectivity index (χ0v) is 12.3. The highest BCUT2D eigenvalue weighted by Gasteiger charge is 2.24. The number of fused-ring (bicyclic) bond motifs is 3. The van der Waals surface area contributed by atoms with Crippen LogP contribution in [0.4, 0.5) is 5.69 Å². The van der Waals surface area contributed by atoms with Crippen LogP contribution in [0, 0.1) is 0 Å². The molecule has 108 valence electrons. The monoisotopic (exact) mass is 280 g/mol. The van der Waals surface area contributed by atoms with E-state index in [9.17, 15) is 0 Å². The number of hydrogen-bond donors (Lipinski definition) is 2. The van der Waals surface area contributed by atoms with Crippen LogP contribution in [0.5, 0.6) is 0 Å². The zero-order chi connectivity index (χ0) is 14.2. The van der Waals surface area contributed by atoms with Crippen molar-refractivity contribution in [1.82, 2.24) is 14.8 Å². The second-order valence-electron chi connectivity index (χ2n) is 5.74. The van der Waals surface area contributed by atoms with Gasteiger partial charge in [-0.1, -0.05) is 18.2 Å². The maximum atomic E-state index is 4.34. The van der Waals surface area contributed by atoms with E-state index in [1.807, 2.05) is 10.9 Å². The molecule has 0 spiro atoms. The quantitative estimate of drug-likeness (QED) is 0.765. The van der Waals surface area contributed by atoms with Crippen LogP contribution in [0.2, 0.25) is 0 Å². The Morgan fingerprint density at radius 3 is 3.14 bits per heavy atom. The second kappa shape index (κ2) is 4.95. The predicted molar refractivity (Wildman–Crippen MR) is 85.5 cm³/mol. The molecule has 4 heteroatoms. The lowest BCUT2D eigenvalue weighted by Gasteiger charge is -2.24. The highest BCUT2D eigenvalue weighted by Crippen LogP contribution is 2.36. The second-order valence-corrected chi connectivity index (χ2v) is 5.74. The number of nitrogens with zero attached hydrogens (tertiary/aromatic N) is 2. The van der Waals surface area contributed by atoms with Gasteiger partial charge >= 0.3 is 0 Å². The van der Waals surface area contributed by atoms with Gasteiger partial charge in [0.1, 0.15) is 0 Å². The Balaban J connectivity index is 1.69. The number of H-pyrrole nitrogens is 1. The van der Waals surface area contributed by atoms with E-state index in [4.69, 9.17) is 0 Å². The number of aromatic amines is 1. The van der Waals surface area contributed by atoms with E-state index in [-0.39, 0.29) is 0 Å². The molecule has 3 aromatic rings. The first-order valence-corrected chi connectivity index (χ1v) is 7.73. The van der Waals surface area contributed by atoms with Gasteiger partial charge in [-0.25, -0.2) is 0 Å². The third-order valence-electron chi connectivity index (χ3n) is 4.41. The van der Waals surface area contributed by atoms with Crippen LogP contribution >= 0.6 is 0 Å². The topological polar surface area (TPSA) is 45.6 Å². The Hall–Kier alpha value is -2.23. The zero-order valence-electron chi connectivity index (χ0n) is 12.3. The molecule has 0 saturated heterocycles. The third kappa shape index (κ3) is 2.11. The summed E-state index contributed by atoms with van der Waals surface area (Å²) in [5.74, 6) is 0. The van der Waals surface area contributed by atoms with Crippen LogP contribution in [0.1, 0.15) is 37.1 Å². The first-order valence-electron chi connectivity index (χ1n) is 7.73. The molecule has 21 heavy (non-hydrogen) atoms. The van der Waals surface area contributed by atoms with Gasteiger partial charge < -0.3 is 10.3 Å². The maximum absolute atomic E-state index is 4.34. The number of benzene rings is 1. The fraction of sp³-hybridized carbons (Fsp3) is 0.353. The number of aromatic nitrogens is 3. The summed E-state index contributed by atoms with van der Waals surface area (Å²) in [6, 6.07) is 8.97. The van der Waals surface area contributed by atoms with E-state index in [2.05, 4.69) is 52.8 Å². The Morgan fingerprint density at radius 2 is 2.29 bits per heavy atom. The molecule has 0 fully saturated rings. The number of anilines is 1. The molecule has 1 aromatic carbocycles. The van der Waals surface area contributed by atoms with E-state index < -0.39 is 0 Å². The summed E-state index contributed by atoms with van der Waals surface area (Å²) in [4.78, 5) is 3.62. The molecule has 1 unspecified atom stereocenters. The molecular weight excluding hydrogens is 260 g/mol. The van der Waals surface area contributed by atoms with Gasteiger partial charge in [-0.15, -0.1) is 0 Å². The summed E-state index contributed by atoms with van der Waals surface area (Å²) in [6.45, 7) is 3.01. The van der Waals surface area contributed by atoms with Crippen LogP contribution in [-0.4, -0.2) is 14.8 Å². The molecule has 0 amide bonds. The molecule has 0 aliphatic heterocycles. The summed E-state index contributed by atoms with van der Waals surface area (Å²) in [7, 11) is 0. The van der Waals surface area contributed by atoms with Crippen LogP contribution in [0.25, 0.3) is 10.9 Å². The molecule has 4 nitrogen and oxygen atoms in total. The first-order chi connectivity index (χ1) is 10.3. The van der Waals surface area contributed by atoms with Gasteiger partial charge in [-0.05, 0) is 37.8 Å². The number of aryl methyl sites for hydroxylation is 2. The third-order valence-corrected chi connectivity index (χ3v) is 4.41. The normalized spacial score (nSPS) is 17.9. The van der Waals surface area contributed by atoms with Gasteiger partial charge in [0.05, 0.1) is 17.9 Å². The van der Waals surface area contributed by atoms with Crippen molar-refractivity contribution < 1.29 is 0 Å². The van der Waals surface area contributed by atoms with E-state index in [0.717, 1.165) is 18.7 Å². The number of rotatable bonds is 3. The Morgan fingerprint density at radius 1 is 1.38 bits per heavy atom. The van der Waals surface area contributed by atoms with Gasteiger partial charge in [-0.2, -0.15) is 5.10 Å². The van der Waals surface area contributed by atoms with Crippen molar-refractivity contribution in [2.75, 3.05) is 5.32 Å². The highest BCUT2D eigenvalue weighted by atomic mass is 15.3. The Kier molecular flexibility index (Phi) is 2.95. The molecule has 4 rings (SSSR count). The van der Waals surface area contributed by atoms with Crippen molar-refractivity contribution in [3.05, 3.63) is 47.9 Å². The Bertz CT molecular complexity index is 768. The van der Waals surface area contributed by atoms with Crippen molar-refractivity contribution in [3.8, 4) is 0 Å². The molecule has 2 heterocycles. The molecule has 2 aromatic heterocycles. The van der Waals surface area contributed by atoms with Crippen LogP contribution < -0.4 is 5.32 Å². The number of para-hydroxylation sites is 1. The fourth-order valence-electron chi connectivity index (χ4n) is 3.37. The largest absolute Gasteiger partial charge is 0.374 e. The molecule has 1 aliphatic rings. The summed E-state index contributed by atoms with van der Waals surface area (Å²) >= 11 is 0. The van der Waals surface area contributed by atoms with Gasteiger partial charge in [-0.3, -0.25) is 4.68 Å². The lowest BCUT2D eigenvalue weighted by molar-refractivity contribution is 0.592. The van der Waals surface area contributed by atoms with Crippen molar-refractivity contribution in [2.45, 2.75) is 38.8 Å². The SMILES string of the molecule is CCn1cc(NC2CCCc3c2[nH]c2ccccc32)cn1. The van der Waals surface area contributed by atoms with Gasteiger partial charge in [0.15, 0.2) is 0 Å². The Labute approximate surface area is 124 Å². The smallest absolute Gasteiger partial charge is 0.0731 e. The maximum Gasteiger partial charge on any atom is 0.0731 e. The van der Waals surface area contributed by atoms with Crippen molar-refractivity contribution in [3.63, 3.8) is 0 Å². The summed E-state index contributed by atoms with van der Waals surface area (Å²) in [6.07, 6.45) is 7.56. The van der Waals surface area contributed by atoms with Gasteiger partial charge in [0.2, 0.25) is 0 Å². The highest BCUT2D eigenvalue weighted by molar-refractivity contribution is 5.85. The average molecular weight is 280 g/mol. The van der Waals surface area contributed by atoms with E-state index in [0.29, 0.717) is 6.04 Å². The number of hydrogen-bond acceptors (Lipinski definition) is 2. The van der Waals surface area contributed by atoms with Gasteiger partial charge in [0, 0.05) is 29.3 Å². The molecule has 2 N–H and O–H groups in total. The molecule has 0 radical (unpaired) electrons. The fourth-order valence-corrected chi connectivity index (χ4v) is 3.37. The van der Waals surface area contributed by atoms with Crippen LogP contribution in [-0.2, 0) is 13.0 Å². The minimum absolute atomic E-state index is 0.357.